The third-order valence-electron chi connectivity index (χ3n) is 9.28. The molecule has 7 atom stereocenters. The highest BCUT2D eigenvalue weighted by molar-refractivity contribution is 9.10. The molecule has 0 saturated carbocycles. The van der Waals surface area contributed by atoms with Crippen molar-refractivity contribution in [2.45, 2.75) is 59.4 Å². The van der Waals surface area contributed by atoms with Crippen molar-refractivity contribution in [3.63, 3.8) is 0 Å². The minimum absolute atomic E-state index is 0.0789. The summed E-state index contributed by atoms with van der Waals surface area (Å²) in [6, 6.07) is 16.3. The van der Waals surface area contributed by atoms with Crippen LogP contribution < -0.4 is 0 Å². The Kier molecular flexibility index (Phi) is 7.54. The Balaban J connectivity index is 1.11. The fourth-order valence-electron chi connectivity index (χ4n) is 7.24. The standard InChI is InChI=1S/C34H28N2O8S3/c37-26(16-20-8-3-1-4-9-20)43-24-13-7-12-22-17-33-31(40)36-28-23(18-34(36,46-47-45-33)32(41)35(33)27(22)24)19-42-15-14-25(28)44-30(39)29(38)21-10-5-2-6-11-21/h1-15,19,24-25,27-29,38H,16-18H2/t24?,25-,27?,28-,29+,33?,34?/m0/s1. The van der Waals surface area contributed by atoms with E-state index in [1.54, 1.807) is 46.2 Å². The van der Waals surface area contributed by atoms with Crippen LogP contribution in [0, 0.1) is 0 Å². The predicted octanol–water partition coefficient (Wildman–Crippen LogP) is 4.36. The highest BCUT2D eigenvalue weighted by Crippen LogP contribution is 2.69. The Morgan fingerprint density at radius 2 is 1.49 bits per heavy atom. The van der Waals surface area contributed by atoms with Gasteiger partial charge in [-0.25, -0.2) is 4.79 Å². The van der Waals surface area contributed by atoms with Crippen LogP contribution in [0.5, 0.6) is 0 Å². The summed E-state index contributed by atoms with van der Waals surface area (Å²) in [5.74, 6) is -1.88. The monoisotopic (exact) mass is 688 g/mol. The molecule has 2 amide bonds. The number of allylic oxidation sites excluding steroid dienone is 2. The van der Waals surface area contributed by atoms with E-state index in [0.717, 1.165) is 11.1 Å². The minimum Gasteiger partial charge on any atom is -0.473 e. The number of benzene rings is 2. The van der Waals surface area contributed by atoms with E-state index in [9.17, 15) is 24.3 Å². The van der Waals surface area contributed by atoms with Gasteiger partial charge >= 0.3 is 11.9 Å². The number of esters is 2. The second-order valence-corrected chi connectivity index (χ2v) is 16.5. The van der Waals surface area contributed by atoms with Gasteiger partial charge in [0, 0.05) is 12.8 Å². The number of aliphatic hydroxyl groups excluding tert-OH is 1. The first-order chi connectivity index (χ1) is 22.8. The summed E-state index contributed by atoms with van der Waals surface area (Å²) >= 11 is 0. The van der Waals surface area contributed by atoms with Gasteiger partial charge in [0.15, 0.2) is 15.8 Å². The van der Waals surface area contributed by atoms with Gasteiger partial charge in [-0.2, -0.15) is 0 Å². The second kappa shape index (κ2) is 11.7. The van der Waals surface area contributed by atoms with Crippen molar-refractivity contribution in [3.05, 3.63) is 120 Å². The van der Waals surface area contributed by atoms with E-state index in [4.69, 9.17) is 14.2 Å². The number of carbonyl (C=O) groups is 4. The number of ether oxygens (including phenoxy) is 3. The van der Waals surface area contributed by atoms with Gasteiger partial charge < -0.3 is 29.1 Å². The van der Waals surface area contributed by atoms with E-state index in [1.807, 2.05) is 42.5 Å². The molecule has 2 aromatic rings. The topological polar surface area (TPSA) is 123 Å². The predicted molar refractivity (Wildman–Crippen MR) is 176 cm³/mol. The zero-order valence-corrected chi connectivity index (χ0v) is 27.1. The summed E-state index contributed by atoms with van der Waals surface area (Å²) in [6.45, 7) is 0. The molecule has 2 bridgehead atoms. The van der Waals surface area contributed by atoms with Gasteiger partial charge in [0.2, 0.25) is 0 Å². The molecule has 1 N–H and O–H groups in total. The normalized spacial score (nSPS) is 32.1. The molecule has 10 nitrogen and oxygen atoms in total. The Hall–Kier alpha value is -3.91. The van der Waals surface area contributed by atoms with Crippen LogP contribution in [0.4, 0.5) is 0 Å². The maximum absolute atomic E-state index is 14.9. The fraction of sp³-hybridized carbons (Fsp3) is 0.294. The van der Waals surface area contributed by atoms with Crippen LogP contribution in [-0.4, -0.2) is 72.7 Å². The average molecular weight is 689 g/mol. The number of amides is 2. The summed E-state index contributed by atoms with van der Waals surface area (Å²) in [7, 11) is 4.01. The van der Waals surface area contributed by atoms with Crippen LogP contribution in [0.15, 0.2) is 109 Å². The molecule has 47 heavy (non-hydrogen) atoms. The van der Waals surface area contributed by atoms with Crippen molar-refractivity contribution in [2.75, 3.05) is 0 Å². The number of piperazine rings is 1. The van der Waals surface area contributed by atoms with Gasteiger partial charge in [0.1, 0.15) is 12.2 Å². The molecule has 9 rings (SSSR count). The largest absolute Gasteiger partial charge is 0.473 e. The number of nitrogens with zero attached hydrogens (tertiary/aromatic N) is 2. The summed E-state index contributed by atoms with van der Waals surface area (Å²) in [4.78, 5) is 56.7. The van der Waals surface area contributed by atoms with Gasteiger partial charge in [0.25, 0.3) is 11.8 Å². The Labute approximate surface area is 281 Å². The van der Waals surface area contributed by atoms with E-state index in [-0.39, 0.29) is 31.1 Å². The molecule has 0 radical (unpaired) electrons. The van der Waals surface area contributed by atoms with Crippen molar-refractivity contribution in [2.24, 2.45) is 0 Å². The lowest BCUT2D eigenvalue weighted by molar-refractivity contribution is -0.173. The molecule has 7 aliphatic rings. The van der Waals surface area contributed by atoms with E-state index in [2.05, 4.69) is 0 Å². The molecule has 6 aliphatic heterocycles. The Bertz CT molecular complexity index is 1780. The second-order valence-electron chi connectivity index (χ2n) is 12.0. The van der Waals surface area contributed by atoms with Gasteiger partial charge in [-0.3, -0.25) is 14.4 Å². The van der Waals surface area contributed by atoms with Crippen LogP contribution in [-0.2, 0) is 39.8 Å². The van der Waals surface area contributed by atoms with Crippen molar-refractivity contribution in [1.29, 1.82) is 0 Å². The number of carbonyl (C=O) groups excluding carboxylic acids is 4. The SMILES string of the molecule is O=C(Cc1ccccc1)OC1C=CC=C2CC34SSSC5(CC6=COC=C[C@H](OC(=O)[C@H](O)c7ccccc7)[C@H]6N5C3=O)C(=O)N4C21. The zero-order chi connectivity index (χ0) is 32.3. The molecule has 240 valence electrons. The number of hydrogen-bond donors (Lipinski definition) is 1. The average Bonchev–Trinajstić information content (AvgIpc) is 3.44. The zero-order valence-electron chi connectivity index (χ0n) is 24.7. The minimum atomic E-state index is -1.54. The smallest absolute Gasteiger partial charge is 0.340 e. The maximum Gasteiger partial charge on any atom is 0.340 e. The highest BCUT2D eigenvalue weighted by Gasteiger charge is 2.75. The Morgan fingerprint density at radius 3 is 2.19 bits per heavy atom. The molecule has 13 heteroatoms. The molecular formula is C34H28N2O8S3. The van der Waals surface area contributed by atoms with Gasteiger partial charge in [-0.1, -0.05) is 72.8 Å². The number of fused-ring (bicyclic) bond motifs is 4. The van der Waals surface area contributed by atoms with E-state index in [0.29, 0.717) is 11.1 Å². The van der Waals surface area contributed by atoms with E-state index >= 15 is 0 Å². The number of hydrogen-bond acceptors (Lipinski definition) is 11. The summed E-state index contributed by atoms with van der Waals surface area (Å²) in [5.41, 5.74) is 2.63. The van der Waals surface area contributed by atoms with E-state index < -0.39 is 52.1 Å². The highest BCUT2D eigenvalue weighted by atomic mass is 33.5. The lowest BCUT2D eigenvalue weighted by atomic mass is 9.96. The number of aliphatic hydroxyl groups is 1. The van der Waals surface area contributed by atoms with Crippen LogP contribution in [0.3, 0.4) is 0 Å². The lowest BCUT2D eigenvalue weighted by Gasteiger charge is -2.51. The maximum atomic E-state index is 14.9. The third-order valence-corrected chi connectivity index (χ3v) is 14.3. The van der Waals surface area contributed by atoms with Crippen molar-refractivity contribution in [1.82, 2.24) is 9.80 Å². The first-order valence-corrected chi connectivity index (χ1v) is 18.6. The third kappa shape index (κ3) is 4.77. The molecule has 4 unspecified atom stereocenters. The molecular weight excluding hydrogens is 661 g/mol. The summed E-state index contributed by atoms with van der Waals surface area (Å²) in [6.07, 6.45) is 7.02. The van der Waals surface area contributed by atoms with Crippen LogP contribution >= 0.6 is 31.4 Å². The lowest BCUT2D eigenvalue weighted by Crippen LogP contribution is -2.73. The molecule has 6 heterocycles. The van der Waals surface area contributed by atoms with Crippen molar-refractivity contribution < 1.29 is 38.5 Å². The van der Waals surface area contributed by atoms with Gasteiger partial charge in [-0.05, 0) is 65.8 Å². The van der Waals surface area contributed by atoms with Crippen LogP contribution in [0.1, 0.15) is 30.1 Å². The molecule has 0 aromatic heterocycles. The molecule has 5 saturated heterocycles. The van der Waals surface area contributed by atoms with Crippen LogP contribution in [0.2, 0.25) is 0 Å². The van der Waals surface area contributed by atoms with Gasteiger partial charge in [-0.15, -0.1) is 0 Å². The van der Waals surface area contributed by atoms with Crippen LogP contribution in [0.25, 0.3) is 0 Å². The summed E-state index contributed by atoms with van der Waals surface area (Å²) in [5, 5.41) is 10.8. The quantitative estimate of drug-likeness (QED) is 0.344. The van der Waals surface area contributed by atoms with E-state index in [1.165, 1.54) is 50.0 Å². The first kappa shape index (κ1) is 30.4. The number of rotatable bonds is 6. The van der Waals surface area contributed by atoms with Crippen molar-refractivity contribution in [3.8, 4) is 0 Å². The first-order valence-electron chi connectivity index (χ1n) is 15.1. The molecule has 1 aliphatic carbocycles. The molecule has 2 spiro atoms. The molecule has 5 fully saturated rings. The van der Waals surface area contributed by atoms with Gasteiger partial charge in [0.05, 0.1) is 31.0 Å². The Morgan fingerprint density at radius 1 is 0.872 bits per heavy atom. The fourth-order valence-corrected chi connectivity index (χ4v) is 13.2. The van der Waals surface area contributed by atoms with Crippen molar-refractivity contribution >= 4 is 55.2 Å². The summed E-state index contributed by atoms with van der Waals surface area (Å²) < 4.78 is 17.5. The molecule has 2 aromatic carbocycles.